The Morgan fingerprint density at radius 2 is 2.13 bits per heavy atom. The van der Waals surface area contributed by atoms with Gasteiger partial charge in [-0.05, 0) is 32.9 Å². The molecule has 0 aromatic carbocycles. The molecule has 1 aliphatic rings. The molecule has 0 radical (unpaired) electrons. The van der Waals surface area contributed by atoms with Crippen molar-refractivity contribution in [3.05, 3.63) is 28.3 Å². The van der Waals surface area contributed by atoms with Crippen LogP contribution in [0.3, 0.4) is 0 Å². The zero-order chi connectivity index (χ0) is 10.7. The molecule has 2 rings (SSSR count). The molecule has 1 aromatic rings. The van der Waals surface area contributed by atoms with Gasteiger partial charge in [-0.3, -0.25) is 0 Å². The number of nitrogens with one attached hydrogen (secondary N) is 1. The fraction of sp³-hybridized carbons (Fsp3) is 0.545. The van der Waals surface area contributed by atoms with E-state index in [-0.39, 0.29) is 11.7 Å². The average molecular weight is 209 g/mol. The van der Waals surface area contributed by atoms with Crippen molar-refractivity contribution >= 4 is 0 Å². The van der Waals surface area contributed by atoms with E-state index < -0.39 is 0 Å². The summed E-state index contributed by atoms with van der Waals surface area (Å²) in [6.45, 7) is 3.70. The van der Waals surface area contributed by atoms with Gasteiger partial charge >= 0.3 is 5.63 Å². The number of aryl methyl sites for hydroxylation is 1. The molecule has 1 aromatic heterocycles. The Balaban J connectivity index is 2.06. The Morgan fingerprint density at radius 3 is 2.80 bits per heavy atom. The van der Waals surface area contributed by atoms with Gasteiger partial charge in [-0.25, -0.2) is 4.79 Å². The van der Waals surface area contributed by atoms with Crippen molar-refractivity contribution in [3.63, 3.8) is 0 Å². The number of hydrogen-bond acceptors (Lipinski definition) is 4. The lowest BCUT2D eigenvalue weighted by Crippen LogP contribution is -2.34. The first-order valence-corrected chi connectivity index (χ1v) is 5.23. The topological polar surface area (TPSA) is 51.5 Å². The smallest absolute Gasteiger partial charge is 0.339 e. The first-order valence-electron chi connectivity index (χ1n) is 5.23. The first kappa shape index (κ1) is 10.2. The molecular weight excluding hydrogens is 194 g/mol. The highest BCUT2D eigenvalue weighted by atomic mass is 16.5. The lowest BCUT2D eigenvalue weighted by Gasteiger charge is -2.23. The van der Waals surface area contributed by atoms with E-state index in [0.717, 1.165) is 25.9 Å². The molecule has 82 valence electrons. The highest BCUT2D eigenvalue weighted by Gasteiger charge is 2.14. The van der Waals surface area contributed by atoms with Crippen LogP contribution in [0.25, 0.3) is 0 Å². The molecule has 1 saturated heterocycles. The SMILES string of the molecule is Cc1cc(OC2CCNCC2)cc(=O)o1. The third-order valence-corrected chi connectivity index (χ3v) is 2.46. The van der Waals surface area contributed by atoms with Crippen LogP contribution in [0.1, 0.15) is 18.6 Å². The van der Waals surface area contributed by atoms with Gasteiger partial charge in [-0.2, -0.15) is 0 Å². The second-order valence-corrected chi connectivity index (χ2v) is 3.79. The van der Waals surface area contributed by atoms with Crippen molar-refractivity contribution in [1.82, 2.24) is 5.32 Å². The summed E-state index contributed by atoms with van der Waals surface area (Å²) in [4.78, 5) is 11.1. The van der Waals surface area contributed by atoms with Crippen LogP contribution in [0.15, 0.2) is 21.3 Å². The maximum atomic E-state index is 11.1. The van der Waals surface area contributed by atoms with Crippen LogP contribution in [0, 0.1) is 6.92 Å². The van der Waals surface area contributed by atoms with Crippen molar-refractivity contribution < 1.29 is 9.15 Å². The van der Waals surface area contributed by atoms with Gasteiger partial charge in [-0.1, -0.05) is 0 Å². The Morgan fingerprint density at radius 1 is 1.40 bits per heavy atom. The molecule has 0 saturated carbocycles. The van der Waals surface area contributed by atoms with Crippen LogP contribution in [0.5, 0.6) is 5.75 Å². The summed E-state index contributed by atoms with van der Waals surface area (Å²) in [5, 5.41) is 3.26. The Labute approximate surface area is 88.2 Å². The molecule has 0 aliphatic carbocycles. The molecule has 0 unspecified atom stereocenters. The van der Waals surface area contributed by atoms with E-state index in [1.165, 1.54) is 6.07 Å². The van der Waals surface area contributed by atoms with Gasteiger partial charge in [0, 0.05) is 6.07 Å². The molecule has 0 amide bonds. The van der Waals surface area contributed by atoms with E-state index in [1.807, 2.05) is 0 Å². The maximum Gasteiger partial charge on any atom is 0.339 e. The van der Waals surface area contributed by atoms with Crippen molar-refractivity contribution in [1.29, 1.82) is 0 Å². The van der Waals surface area contributed by atoms with Crippen molar-refractivity contribution in [2.75, 3.05) is 13.1 Å². The summed E-state index contributed by atoms with van der Waals surface area (Å²) in [6, 6.07) is 3.15. The molecule has 4 heteroatoms. The minimum atomic E-state index is -0.348. The van der Waals surface area contributed by atoms with Crippen LogP contribution in [0.4, 0.5) is 0 Å². The largest absolute Gasteiger partial charge is 0.490 e. The fourth-order valence-corrected chi connectivity index (χ4v) is 1.75. The normalized spacial score (nSPS) is 17.7. The van der Waals surface area contributed by atoms with Crippen LogP contribution in [-0.4, -0.2) is 19.2 Å². The summed E-state index contributed by atoms with van der Waals surface area (Å²) in [5.74, 6) is 1.21. The number of hydrogen-bond donors (Lipinski definition) is 1. The van der Waals surface area contributed by atoms with Gasteiger partial charge < -0.3 is 14.5 Å². The van der Waals surface area contributed by atoms with Crippen LogP contribution in [-0.2, 0) is 0 Å². The van der Waals surface area contributed by atoms with Crippen LogP contribution >= 0.6 is 0 Å². The minimum absolute atomic E-state index is 0.215. The summed E-state index contributed by atoms with van der Waals surface area (Å²) in [5.41, 5.74) is -0.348. The van der Waals surface area contributed by atoms with Gasteiger partial charge in [0.2, 0.25) is 0 Å². The second-order valence-electron chi connectivity index (χ2n) is 3.79. The lowest BCUT2D eigenvalue weighted by molar-refractivity contribution is 0.161. The Kier molecular flexibility index (Phi) is 3.06. The standard InChI is InChI=1S/C11H15NO3/c1-8-6-10(7-11(13)14-8)15-9-2-4-12-5-3-9/h6-7,9,12H,2-5H2,1H3. The maximum absolute atomic E-state index is 11.1. The zero-order valence-electron chi connectivity index (χ0n) is 8.79. The van der Waals surface area contributed by atoms with Gasteiger partial charge in [0.1, 0.15) is 17.6 Å². The van der Waals surface area contributed by atoms with Crippen LogP contribution in [0.2, 0.25) is 0 Å². The van der Waals surface area contributed by atoms with Crippen LogP contribution < -0.4 is 15.7 Å². The Bertz CT molecular complexity index is 380. The third-order valence-electron chi connectivity index (χ3n) is 2.46. The van der Waals surface area contributed by atoms with Crippen molar-refractivity contribution in [2.45, 2.75) is 25.9 Å². The fourth-order valence-electron chi connectivity index (χ4n) is 1.75. The third kappa shape index (κ3) is 2.83. The molecule has 1 fully saturated rings. The molecule has 0 atom stereocenters. The molecule has 1 aliphatic heterocycles. The minimum Gasteiger partial charge on any atom is -0.490 e. The summed E-state index contributed by atoms with van der Waals surface area (Å²) >= 11 is 0. The molecular formula is C11H15NO3. The van der Waals surface area contributed by atoms with E-state index in [2.05, 4.69) is 5.32 Å². The highest BCUT2D eigenvalue weighted by Crippen LogP contribution is 2.15. The predicted octanol–water partition coefficient (Wildman–Crippen LogP) is 1.08. The lowest BCUT2D eigenvalue weighted by atomic mass is 10.1. The molecule has 0 bridgehead atoms. The zero-order valence-corrected chi connectivity index (χ0v) is 8.79. The summed E-state index contributed by atoms with van der Waals surface area (Å²) in [7, 11) is 0. The molecule has 4 nitrogen and oxygen atoms in total. The molecule has 1 N–H and O–H groups in total. The Hall–Kier alpha value is -1.29. The van der Waals surface area contributed by atoms with E-state index in [0.29, 0.717) is 11.5 Å². The summed E-state index contributed by atoms with van der Waals surface area (Å²) in [6.07, 6.45) is 2.19. The second kappa shape index (κ2) is 4.49. The van der Waals surface area contributed by atoms with Gasteiger partial charge in [0.15, 0.2) is 0 Å². The highest BCUT2D eigenvalue weighted by molar-refractivity contribution is 5.20. The van der Waals surface area contributed by atoms with Gasteiger partial charge in [0.05, 0.1) is 6.07 Å². The molecule has 0 spiro atoms. The van der Waals surface area contributed by atoms with E-state index >= 15 is 0 Å². The monoisotopic (exact) mass is 209 g/mol. The summed E-state index contributed by atoms with van der Waals surface area (Å²) < 4.78 is 10.6. The quantitative estimate of drug-likeness (QED) is 0.791. The number of piperidine rings is 1. The number of rotatable bonds is 2. The molecule has 2 heterocycles. The van der Waals surface area contributed by atoms with Gasteiger partial charge in [-0.15, -0.1) is 0 Å². The van der Waals surface area contributed by atoms with E-state index in [9.17, 15) is 4.79 Å². The molecule has 15 heavy (non-hydrogen) atoms. The first-order chi connectivity index (χ1) is 7.24. The number of ether oxygens (including phenoxy) is 1. The predicted molar refractivity (Wildman–Crippen MR) is 56.2 cm³/mol. The van der Waals surface area contributed by atoms with E-state index in [1.54, 1.807) is 13.0 Å². The van der Waals surface area contributed by atoms with Crippen molar-refractivity contribution in [2.24, 2.45) is 0 Å². The van der Waals surface area contributed by atoms with E-state index in [4.69, 9.17) is 9.15 Å². The van der Waals surface area contributed by atoms with Crippen molar-refractivity contribution in [3.8, 4) is 5.75 Å². The average Bonchev–Trinajstić information content (AvgIpc) is 2.17. The van der Waals surface area contributed by atoms with Gasteiger partial charge in [0.25, 0.3) is 0 Å².